The summed E-state index contributed by atoms with van der Waals surface area (Å²) in [5, 5.41) is 3.67. The standard InChI is InChI=1S/C27H36ClN3O5S/c1-20(27(33)29-23-9-4-5-10-23)30(19-21-14-16-22(28)17-15-21)26(32)13-8-18-31(37(3,34)35)24-11-6-7-12-25(24)36-2/h6-7,11-12,14-17,20,23H,4-5,8-10,13,18-19H2,1-3H3,(H,29,33). The Bertz CT molecular complexity index is 1170. The van der Waals surface area contributed by atoms with Gasteiger partial charge < -0.3 is 15.0 Å². The van der Waals surface area contributed by atoms with E-state index in [1.165, 1.54) is 11.4 Å². The minimum absolute atomic E-state index is 0.0792. The number of methoxy groups -OCH3 is 1. The molecule has 1 saturated carbocycles. The first-order chi connectivity index (χ1) is 17.6. The average molecular weight is 550 g/mol. The fourth-order valence-corrected chi connectivity index (χ4v) is 5.67. The number of nitrogens with zero attached hydrogens (tertiary/aromatic N) is 2. The number of nitrogens with one attached hydrogen (secondary N) is 1. The van der Waals surface area contributed by atoms with Crippen LogP contribution in [-0.2, 0) is 26.2 Å². The number of carbonyl (C=O) groups is 2. The maximum Gasteiger partial charge on any atom is 0.242 e. The Kier molecular flexibility index (Phi) is 10.2. The van der Waals surface area contributed by atoms with Gasteiger partial charge in [-0.05, 0) is 56.0 Å². The Balaban J connectivity index is 1.73. The molecule has 0 radical (unpaired) electrons. The molecule has 1 aliphatic carbocycles. The summed E-state index contributed by atoms with van der Waals surface area (Å²) in [6, 6.07) is 13.5. The summed E-state index contributed by atoms with van der Waals surface area (Å²) in [6.45, 7) is 2.08. The number of sulfonamides is 1. The molecule has 0 aliphatic heterocycles. The van der Waals surface area contributed by atoms with Crippen molar-refractivity contribution >= 4 is 39.1 Å². The van der Waals surface area contributed by atoms with Gasteiger partial charge in [0.05, 0.1) is 19.1 Å². The molecular formula is C27H36ClN3O5S. The molecule has 2 amide bonds. The Hall–Kier alpha value is -2.78. The van der Waals surface area contributed by atoms with Gasteiger partial charge in [-0.2, -0.15) is 0 Å². The number of halogens is 1. The van der Waals surface area contributed by atoms with E-state index in [0.29, 0.717) is 16.5 Å². The fraction of sp³-hybridized carbons (Fsp3) is 0.481. The fourth-order valence-electron chi connectivity index (χ4n) is 4.58. The lowest BCUT2D eigenvalue weighted by molar-refractivity contribution is -0.141. The number of anilines is 1. The predicted molar refractivity (Wildman–Crippen MR) is 146 cm³/mol. The first-order valence-corrected chi connectivity index (χ1v) is 14.8. The quantitative estimate of drug-likeness (QED) is 0.424. The number of para-hydroxylation sites is 2. The molecule has 0 aromatic heterocycles. The van der Waals surface area contributed by atoms with Gasteiger partial charge in [0.2, 0.25) is 21.8 Å². The van der Waals surface area contributed by atoms with Crippen LogP contribution in [-0.4, -0.2) is 57.1 Å². The molecule has 0 bridgehead atoms. The van der Waals surface area contributed by atoms with Gasteiger partial charge in [-0.1, -0.05) is 48.7 Å². The number of rotatable bonds is 12. The van der Waals surface area contributed by atoms with Gasteiger partial charge in [0.15, 0.2) is 0 Å². The van der Waals surface area contributed by atoms with Crippen molar-refractivity contribution in [2.75, 3.05) is 24.2 Å². The van der Waals surface area contributed by atoms with Crippen molar-refractivity contribution in [2.45, 2.75) is 64.1 Å². The number of benzene rings is 2. The van der Waals surface area contributed by atoms with E-state index in [-0.39, 0.29) is 43.8 Å². The highest BCUT2D eigenvalue weighted by Gasteiger charge is 2.29. The van der Waals surface area contributed by atoms with Crippen molar-refractivity contribution in [2.24, 2.45) is 0 Å². The highest BCUT2D eigenvalue weighted by molar-refractivity contribution is 7.92. The smallest absolute Gasteiger partial charge is 0.242 e. The molecule has 0 spiro atoms. The molecule has 37 heavy (non-hydrogen) atoms. The van der Waals surface area contributed by atoms with Gasteiger partial charge in [0.25, 0.3) is 0 Å². The van der Waals surface area contributed by atoms with Crippen molar-refractivity contribution < 1.29 is 22.7 Å². The van der Waals surface area contributed by atoms with Crippen molar-refractivity contribution in [3.63, 3.8) is 0 Å². The molecule has 10 heteroatoms. The number of carbonyl (C=O) groups excluding carboxylic acids is 2. The zero-order valence-electron chi connectivity index (χ0n) is 21.7. The molecule has 0 heterocycles. The highest BCUT2D eigenvalue weighted by atomic mass is 35.5. The predicted octanol–water partition coefficient (Wildman–Crippen LogP) is 4.37. The van der Waals surface area contributed by atoms with E-state index < -0.39 is 16.1 Å². The Morgan fingerprint density at radius 2 is 1.76 bits per heavy atom. The summed E-state index contributed by atoms with van der Waals surface area (Å²) in [6.07, 6.45) is 5.57. The summed E-state index contributed by atoms with van der Waals surface area (Å²) in [5.74, 6) is 0.0271. The zero-order chi connectivity index (χ0) is 27.0. The lowest BCUT2D eigenvalue weighted by Gasteiger charge is -2.30. The molecular weight excluding hydrogens is 514 g/mol. The Morgan fingerprint density at radius 1 is 1.11 bits per heavy atom. The maximum atomic E-state index is 13.4. The molecule has 2 aromatic rings. The third-order valence-electron chi connectivity index (χ3n) is 6.64. The van der Waals surface area contributed by atoms with Crippen LogP contribution >= 0.6 is 11.6 Å². The van der Waals surface area contributed by atoms with E-state index in [1.54, 1.807) is 48.2 Å². The lowest BCUT2D eigenvalue weighted by Crippen LogP contribution is -2.49. The topological polar surface area (TPSA) is 96.0 Å². The second-order valence-electron chi connectivity index (χ2n) is 9.42. The summed E-state index contributed by atoms with van der Waals surface area (Å²) >= 11 is 6.02. The van der Waals surface area contributed by atoms with Crippen molar-refractivity contribution in [1.82, 2.24) is 10.2 Å². The third-order valence-corrected chi connectivity index (χ3v) is 8.07. The van der Waals surface area contributed by atoms with Crippen molar-refractivity contribution in [1.29, 1.82) is 0 Å². The lowest BCUT2D eigenvalue weighted by atomic mass is 10.1. The minimum Gasteiger partial charge on any atom is -0.495 e. The van der Waals surface area contributed by atoms with Crippen LogP contribution in [0.25, 0.3) is 0 Å². The molecule has 1 N–H and O–H groups in total. The molecule has 1 fully saturated rings. The zero-order valence-corrected chi connectivity index (χ0v) is 23.2. The van der Waals surface area contributed by atoms with Crippen LogP contribution in [0.2, 0.25) is 5.02 Å². The second-order valence-corrected chi connectivity index (χ2v) is 11.8. The summed E-state index contributed by atoms with van der Waals surface area (Å²) < 4.78 is 31.7. The third kappa shape index (κ3) is 8.10. The van der Waals surface area contributed by atoms with Gasteiger partial charge in [0.1, 0.15) is 11.8 Å². The minimum atomic E-state index is -3.61. The number of hydrogen-bond donors (Lipinski definition) is 1. The summed E-state index contributed by atoms with van der Waals surface area (Å²) in [5.41, 5.74) is 1.27. The van der Waals surface area contributed by atoms with Gasteiger partial charge in [0, 0.05) is 30.6 Å². The van der Waals surface area contributed by atoms with Crippen molar-refractivity contribution in [3.8, 4) is 5.75 Å². The summed E-state index contributed by atoms with van der Waals surface area (Å²) in [7, 11) is -2.13. The molecule has 1 aliphatic rings. The maximum absolute atomic E-state index is 13.4. The van der Waals surface area contributed by atoms with E-state index in [1.807, 2.05) is 12.1 Å². The van der Waals surface area contributed by atoms with Crippen LogP contribution in [0.3, 0.4) is 0 Å². The SMILES string of the molecule is COc1ccccc1N(CCCC(=O)N(Cc1ccc(Cl)cc1)C(C)C(=O)NC1CCCC1)S(C)(=O)=O. The van der Waals surface area contributed by atoms with E-state index in [2.05, 4.69) is 5.32 Å². The largest absolute Gasteiger partial charge is 0.495 e. The van der Waals surface area contributed by atoms with Crippen LogP contribution in [0.5, 0.6) is 5.75 Å². The molecule has 1 unspecified atom stereocenters. The first-order valence-electron chi connectivity index (χ1n) is 12.5. The normalized spacial score (nSPS) is 14.7. The van der Waals surface area contributed by atoms with E-state index in [9.17, 15) is 18.0 Å². The van der Waals surface area contributed by atoms with Crippen LogP contribution in [0, 0.1) is 0 Å². The molecule has 202 valence electrons. The van der Waals surface area contributed by atoms with E-state index in [0.717, 1.165) is 37.5 Å². The first kappa shape index (κ1) is 28.8. The van der Waals surface area contributed by atoms with Crippen LogP contribution in [0.15, 0.2) is 48.5 Å². The van der Waals surface area contributed by atoms with Crippen LogP contribution in [0.1, 0.15) is 51.0 Å². The molecule has 2 aromatic carbocycles. The average Bonchev–Trinajstić information content (AvgIpc) is 3.38. The van der Waals surface area contributed by atoms with Crippen LogP contribution in [0.4, 0.5) is 5.69 Å². The van der Waals surface area contributed by atoms with Gasteiger partial charge >= 0.3 is 0 Å². The second kappa shape index (κ2) is 13.1. The monoisotopic (exact) mass is 549 g/mol. The molecule has 8 nitrogen and oxygen atoms in total. The highest BCUT2D eigenvalue weighted by Crippen LogP contribution is 2.30. The van der Waals surface area contributed by atoms with E-state index >= 15 is 0 Å². The molecule has 3 rings (SSSR count). The number of amides is 2. The molecule has 0 saturated heterocycles. The molecule has 1 atom stereocenters. The van der Waals surface area contributed by atoms with Gasteiger partial charge in [-0.15, -0.1) is 0 Å². The van der Waals surface area contributed by atoms with Gasteiger partial charge in [-0.25, -0.2) is 8.42 Å². The number of hydrogen-bond acceptors (Lipinski definition) is 5. The van der Waals surface area contributed by atoms with Crippen molar-refractivity contribution in [3.05, 3.63) is 59.1 Å². The van der Waals surface area contributed by atoms with Gasteiger partial charge in [-0.3, -0.25) is 13.9 Å². The van der Waals surface area contributed by atoms with E-state index in [4.69, 9.17) is 16.3 Å². The van der Waals surface area contributed by atoms with Crippen LogP contribution < -0.4 is 14.4 Å². The summed E-state index contributed by atoms with van der Waals surface area (Å²) in [4.78, 5) is 28.0. The Labute approximate surface area is 225 Å². The number of ether oxygens (including phenoxy) is 1. The Morgan fingerprint density at radius 3 is 2.38 bits per heavy atom.